The van der Waals surface area contributed by atoms with Crippen LogP contribution in [0.1, 0.15) is 25.7 Å². The van der Waals surface area contributed by atoms with Gasteiger partial charge >= 0.3 is 6.03 Å². The molecule has 106 valence electrons. The van der Waals surface area contributed by atoms with Crippen LogP contribution in [0.4, 0.5) is 4.79 Å². The molecule has 0 unspecified atom stereocenters. The summed E-state index contributed by atoms with van der Waals surface area (Å²) < 4.78 is 5.52. The van der Waals surface area contributed by atoms with Crippen molar-refractivity contribution in [1.29, 1.82) is 0 Å². The van der Waals surface area contributed by atoms with Crippen molar-refractivity contribution in [2.45, 2.75) is 25.7 Å². The van der Waals surface area contributed by atoms with Gasteiger partial charge in [-0.1, -0.05) is 12.2 Å². The van der Waals surface area contributed by atoms with E-state index < -0.39 is 0 Å². The van der Waals surface area contributed by atoms with Crippen LogP contribution in [0, 0.1) is 17.8 Å². The normalized spacial score (nSPS) is 29.4. The summed E-state index contributed by atoms with van der Waals surface area (Å²) in [4.78, 5) is 14.0. The van der Waals surface area contributed by atoms with Gasteiger partial charge in [0.15, 0.2) is 0 Å². The van der Waals surface area contributed by atoms with E-state index >= 15 is 0 Å². The lowest BCUT2D eigenvalue weighted by Gasteiger charge is -2.17. The van der Waals surface area contributed by atoms with Crippen molar-refractivity contribution < 1.29 is 9.53 Å². The molecule has 0 aromatic heterocycles. The Labute approximate surface area is 115 Å². The van der Waals surface area contributed by atoms with Crippen LogP contribution in [0.3, 0.4) is 0 Å². The molecule has 1 N–H and O–H groups in total. The number of ether oxygens (including phenoxy) is 1. The van der Waals surface area contributed by atoms with Gasteiger partial charge in [0, 0.05) is 26.2 Å². The predicted octanol–water partition coefficient (Wildman–Crippen LogP) is 2.02. The number of fused-ring (bicyclic) bond motifs is 1. The number of carbonyl (C=O) groups excluding carboxylic acids is 1. The van der Waals surface area contributed by atoms with Crippen molar-refractivity contribution in [2.75, 3.05) is 32.8 Å². The molecule has 2 amide bonds. The molecule has 4 nitrogen and oxygen atoms in total. The first kappa shape index (κ1) is 13.0. The molecular weight excluding hydrogens is 240 g/mol. The topological polar surface area (TPSA) is 41.6 Å². The number of urea groups is 1. The lowest BCUT2D eigenvalue weighted by Crippen LogP contribution is -2.40. The lowest BCUT2D eigenvalue weighted by atomic mass is 9.86. The molecule has 1 heterocycles. The molecule has 0 spiro atoms. The number of nitrogens with one attached hydrogen (secondary N) is 1. The molecule has 1 saturated heterocycles. The summed E-state index contributed by atoms with van der Waals surface area (Å²) >= 11 is 0. The number of amides is 2. The SMILES string of the molecule is O=C(NCCOCC1CC1)N1C[C@H]2CC=CC[C@@H]2C1. The summed E-state index contributed by atoms with van der Waals surface area (Å²) in [5.41, 5.74) is 0. The molecule has 2 fully saturated rings. The minimum absolute atomic E-state index is 0.0874. The third-order valence-corrected chi connectivity index (χ3v) is 4.48. The number of nitrogens with zero attached hydrogens (tertiary/aromatic N) is 1. The molecule has 4 heteroatoms. The minimum atomic E-state index is 0.0874. The second-order valence-corrected chi connectivity index (χ2v) is 6.12. The largest absolute Gasteiger partial charge is 0.379 e. The van der Waals surface area contributed by atoms with E-state index in [4.69, 9.17) is 4.74 Å². The van der Waals surface area contributed by atoms with Gasteiger partial charge in [0.05, 0.1) is 6.61 Å². The van der Waals surface area contributed by atoms with E-state index in [9.17, 15) is 4.79 Å². The Kier molecular flexibility index (Phi) is 4.06. The van der Waals surface area contributed by atoms with Gasteiger partial charge in [-0.2, -0.15) is 0 Å². The number of likely N-dealkylation sites (tertiary alicyclic amines) is 1. The van der Waals surface area contributed by atoms with Crippen molar-refractivity contribution in [2.24, 2.45) is 17.8 Å². The van der Waals surface area contributed by atoms with Crippen LogP contribution in [-0.2, 0) is 4.74 Å². The third-order valence-electron chi connectivity index (χ3n) is 4.48. The lowest BCUT2D eigenvalue weighted by molar-refractivity contribution is 0.125. The Balaban J connectivity index is 1.32. The first-order chi connectivity index (χ1) is 9.33. The fourth-order valence-electron chi connectivity index (χ4n) is 3.06. The maximum Gasteiger partial charge on any atom is 0.317 e. The van der Waals surface area contributed by atoms with Crippen LogP contribution < -0.4 is 5.32 Å². The van der Waals surface area contributed by atoms with Gasteiger partial charge in [0.1, 0.15) is 0 Å². The molecule has 0 bridgehead atoms. The van der Waals surface area contributed by atoms with Gasteiger partial charge in [0.25, 0.3) is 0 Å². The fraction of sp³-hybridized carbons (Fsp3) is 0.800. The fourth-order valence-corrected chi connectivity index (χ4v) is 3.06. The molecule has 3 rings (SSSR count). The van der Waals surface area contributed by atoms with Gasteiger partial charge in [-0.25, -0.2) is 4.79 Å². The number of carbonyl (C=O) groups is 1. The molecular formula is C15H24N2O2. The second-order valence-electron chi connectivity index (χ2n) is 6.12. The van der Waals surface area contributed by atoms with Gasteiger partial charge in [-0.05, 0) is 43.4 Å². The number of hydrogen-bond donors (Lipinski definition) is 1. The van der Waals surface area contributed by atoms with Gasteiger partial charge < -0.3 is 15.0 Å². The zero-order valence-electron chi connectivity index (χ0n) is 11.5. The zero-order chi connectivity index (χ0) is 13.1. The average Bonchev–Trinajstić information content (AvgIpc) is 3.14. The van der Waals surface area contributed by atoms with Crippen LogP contribution >= 0.6 is 0 Å². The van der Waals surface area contributed by atoms with Crippen molar-refractivity contribution in [1.82, 2.24) is 10.2 Å². The molecule has 2 aliphatic carbocycles. The summed E-state index contributed by atoms with van der Waals surface area (Å²) in [6.45, 7) is 3.99. The molecule has 3 aliphatic rings. The summed E-state index contributed by atoms with van der Waals surface area (Å²) in [6, 6.07) is 0.0874. The summed E-state index contributed by atoms with van der Waals surface area (Å²) in [5.74, 6) is 2.16. The van der Waals surface area contributed by atoms with E-state index in [1.807, 2.05) is 4.90 Å². The molecule has 1 aliphatic heterocycles. The van der Waals surface area contributed by atoms with Gasteiger partial charge in [0.2, 0.25) is 0 Å². The molecule has 19 heavy (non-hydrogen) atoms. The molecule has 2 atom stereocenters. The minimum Gasteiger partial charge on any atom is -0.379 e. The zero-order valence-corrected chi connectivity index (χ0v) is 11.5. The van der Waals surface area contributed by atoms with Crippen molar-refractivity contribution in [3.8, 4) is 0 Å². The van der Waals surface area contributed by atoms with Crippen LogP contribution in [0.5, 0.6) is 0 Å². The Bertz CT molecular complexity index is 336. The molecule has 0 aromatic rings. The van der Waals surface area contributed by atoms with E-state index in [1.165, 1.54) is 12.8 Å². The van der Waals surface area contributed by atoms with Crippen LogP contribution in [0.2, 0.25) is 0 Å². The Morgan fingerprint density at radius 1 is 1.21 bits per heavy atom. The molecule has 0 radical (unpaired) electrons. The van der Waals surface area contributed by atoms with Crippen LogP contribution in [0.25, 0.3) is 0 Å². The van der Waals surface area contributed by atoms with E-state index in [2.05, 4.69) is 17.5 Å². The molecule has 1 saturated carbocycles. The smallest absolute Gasteiger partial charge is 0.317 e. The van der Waals surface area contributed by atoms with Crippen molar-refractivity contribution in [3.05, 3.63) is 12.2 Å². The van der Waals surface area contributed by atoms with E-state index in [0.29, 0.717) is 25.0 Å². The summed E-state index contributed by atoms with van der Waals surface area (Å²) in [5, 5.41) is 2.97. The highest BCUT2D eigenvalue weighted by Crippen LogP contribution is 2.32. The molecule has 0 aromatic carbocycles. The number of rotatable bonds is 5. The Morgan fingerprint density at radius 2 is 1.89 bits per heavy atom. The first-order valence-corrected chi connectivity index (χ1v) is 7.58. The Hall–Kier alpha value is -1.03. The van der Waals surface area contributed by atoms with Crippen LogP contribution in [0.15, 0.2) is 12.2 Å². The van der Waals surface area contributed by atoms with Crippen molar-refractivity contribution in [3.63, 3.8) is 0 Å². The van der Waals surface area contributed by atoms with Crippen molar-refractivity contribution >= 4 is 6.03 Å². The quantitative estimate of drug-likeness (QED) is 0.610. The van der Waals surface area contributed by atoms with Gasteiger partial charge in [-0.15, -0.1) is 0 Å². The third kappa shape index (κ3) is 3.50. The average molecular weight is 264 g/mol. The monoisotopic (exact) mass is 264 g/mol. The van der Waals surface area contributed by atoms with E-state index in [1.54, 1.807) is 0 Å². The van der Waals surface area contributed by atoms with Gasteiger partial charge in [-0.3, -0.25) is 0 Å². The highest BCUT2D eigenvalue weighted by molar-refractivity contribution is 5.74. The van der Waals surface area contributed by atoms with Crippen LogP contribution in [-0.4, -0.2) is 43.8 Å². The first-order valence-electron chi connectivity index (χ1n) is 7.58. The van der Waals surface area contributed by atoms with E-state index in [-0.39, 0.29) is 6.03 Å². The Morgan fingerprint density at radius 3 is 2.53 bits per heavy atom. The number of allylic oxidation sites excluding steroid dienone is 2. The predicted molar refractivity (Wildman–Crippen MR) is 73.9 cm³/mol. The maximum absolute atomic E-state index is 12.0. The second kappa shape index (κ2) is 5.95. The summed E-state index contributed by atoms with van der Waals surface area (Å²) in [6.07, 6.45) is 9.42. The number of hydrogen-bond acceptors (Lipinski definition) is 2. The highest BCUT2D eigenvalue weighted by Gasteiger charge is 2.34. The maximum atomic E-state index is 12.0. The highest BCUT2D eigenvalue weighted by atomic mass is 16.5. The summed E-state index contributed by atoms with van der Waals surface area (Å²) in [7, 11) is 0. The van der Waals surface area contributed by atoms with E-state index in [0.717, 1.165) is 38.5 Å². The standard InChI is InChI=1S/C15H24N2O2/c18-15(16-7-8-19-11-12-5-6-12)17-9-13-3-1-2-4-14(13)10-17/h1-2,12-14H,3-11H2,(H,16,18)/t13-,14-/m1/s1.